The van der Waals surface area contributed by atoms with Gasteiger partial charge in [0.2, 0.25) is 0 Å². The second-order valence-electron chi connectivity index (χ2n) is 5.49. The van der Waals surface area contributed by atoms with Crippen molar-refractivity contribution in [2.45, 2.75) is 46.3 Å². The molecule has 1 rings (SSSR count). The highest BCUT2D eigenvalue weighted by atomic mass is 16.6. The fraction of sp³-hybridized carbons (Fsp3) is 0.500. The van der Waals surface area contributed by atoms with Gasteiger partial charge < -0.3 is 10.5 Å². The molecule has 0 saturated carbocycles. The number of hydrogen-bond donors (Lipinski definition) is 2. The van der Waals surface area contributed by atoms with Gasteiger partial charge in [0.15, 0.2) is 0 Å². The first-order chi connectivity index (χ1) is 8.19. The highest BCUT2D eigenvalue weighted by molar-refractivity contribution is 5.85. The van der Waals surface area contributed by atoms with Gasteiger partial charge in [0.1, 0.15) is 5.60 Å². The molecule has 18 heavy (non-hydrogen) atoms. The summed E-state index contributed by atoms with van der Waals surface area (Å²) in [5, 5.41) is 2.70. The number of rotatable bonds is 2. The maximum Gasteiger partial charge on any atom is 0.412 e. The molecule has 4 heteroatoms. The summed E-state index contributed by atoms with van der Waals surface area (Å²) in [4.78, 5) is 11.6. The zero-order valence-corrected chi connectivity index (χ0v) is 11.7. The van der Waals surface area contributed by atoms with Crippen LogP contribution in [0, 0.1) is 6.92 Å². The number of aryl methyl sites for hydroxylation is 1. The van der Waals surface area contributed by atoms with E-state index >= 15 is 0 Å². The van der Waals surface area contributed by atoms with Crippen LogP contribution in [-0.4, -0.2) is 11.7 Å². The zero-order valence-electron chi connectivity index (χ0n) is 11.7. The predicted molar refractivity (Wildman–Crippen MR) is 73.6 cm³/mol. The molecule has 0 radical (unpaired) electrons. The number of carbonyl (C=O) groups excluding carboxylic acids is 1. The average Bonchev–Trinajstić information content (AvgIpc) is 2.17. The van der Waals surface area contributed by atoms with E-state index in [1.165, 1.54) is 0 Å². The molecule has 4 nitrogen and oxygen atoms in total. The third-order valence-corrected chi connectivity index (χ3v) is 2.42. The van der Waals surface area contributed by atoms with Crippen LogP contribution in [0.15, 0.2) is 18.2 Å². The molecule has 0 aliphatic carbocycles. The van der Waals surface area contributed by atoms with Gasteiger partial charge in [-0.3, -0.25) is 5.32 Å². The second-order valence-corrected chi connectivity index (χ2v) is 5.49. The molecular formula is C14H22N2O2. The Bertz CT molecular complexity index is 434. The summed E-state index contributed by atoms with van der Waals surface area (Å²) in [6.07, 6.45) is -0.457. The van der Waals surface area contributed by atoms with Crippen LogP contribution in [0.3, 0.4) is 0 Å². The minimum Gasteiger partial charge on any atom is -0.444 e. The van der Waals surface area contributed by atoms with E-state index in [4.69, 9.17) is 10.5 Å². The molecular weight excluding hydrogens is 228 g/mol. The van der Waals surface area contributed by atoms with Crippen LogP contribution in [-0.2, 0) is 4.74 Å². The molecule has 1 amide bonds. The zero-order chi connectivity index (χ0) is 13.9. The van der Waals surface area contributed by atoms with E-state index in [0.29, 0.717) is 5.69 Å². The van der Waals surface area contributed by atoms with Gasteiger partial charge >= 0.3 is 6.09 Å². The maximum absolute atomic E-state index is 11.6. The Balaban J connectivity index is 2.80. The smallest absolute Gasteiger partial charge is 0.412 e. The summed E-state index contributed by atoms with van der Waals surface area (Å²) in [6, 6.07) is 5.59. The number of amides is 1. The van der Waals surface area contributed by atoms with E-state index < -0.39 is 11.7 Å². The SMILES string of the molecule is Cc1ccc(NC(=O)OC(C)(C)C)cc1C(C)N. The minimum absolute atomic E-state index is 0.0645. The molecule has 1 aromatic carbocycles. The Morgan fingerprint density at radius 3 is 2.50 bits per heavy atom. The topological polar surface area (TPSA) is 64.3 Å². The van der Waals surface area contributed by atoms with Gasteiger partial charge in [-0.1, -0.05) is 6.07 Å². The molecule has 1 unspecified atom stereocenters. The van der Waals surface area contributed by atoms with Gasteiger partial charge in [0.25, 0.3) is 0 Å². The van der Waals surface area contributed by atoms with Gasteiger partial charge in [-0.15, -0.1) is 0 Å². The first kappa shape index (κ1) is 14.5. The summed E-state index contributed by atoms with van der Waals surface area (Å²) in [5.41, 5.74) is 8.20. The van der Waals surface area contributed by atoms with Crippen LogP contribution in [0.2, 0.25) is 0 Å². The normalized spacial score (nSPS) is 13.0. The van der Waals surface area contributed by atoms with Gasteiger partial charge in [-0.05, 0) is 57.9 Å². The van der Waals surface area contributed by atoms with Crippen molar-refractivity contribution in [3.63, 3.8) is 0 Å². The number of nitrogens with two attached hydrogens (primary N) is 1. The highest BCUT2D eigenvalue weighted by Gasteiger charge is 2.16. The van der Waals surface area contributed by atoms with Crippen LogP contribution in [0.25, 0.3) is 0 Å². The van der Waals surface area contributed by atoms with Gasteiger partial charge in [0, 0.05) is 11.7 Å². The average molecular weight is 250 g/mol. The Hall–Kier alpha value is -1.55. The molecule has 1 aromatic rings. The summed E-state index contributed by atoms with van der Waals surface area (Å²) >= 11 is 0. The lowest BCUT2D eigenvalue weighted by molar-refractivity contribution is 0.0636. The molecule has 0 heterocycles. The Kier molecular flexibility index (Phi) is 4.35. The number of anilines is 1. The second kappa shape index (κ2) is 5.40. The molecule has 3 N–H and O–H groups in total. The van der Waals surface area contributed by atoms with Crippen molar-refractivity contribution in [3.8, 4) is 0 Å². The number of carbonyl (C=O) groups is 1. The van der Waals surface area contributed by atoms with E-state index in [9.17, 15) is 4.79 Å². The van der Waals surface area contributed by atoms with Gasteiger partial charge in [0.05, 0.1) is 0 Å². The summed E-state index contributed by atoms with van der Waals surface area (Å²) in [5.74, 6) is 0. The van der Waals surface area contributed by atoms with Crippen molar-refractivity contribution in [3.05, 3.63) is 29.3 Å². The molecule has 0 fully saturated rings. The summed E-state index contributed by atoms with van der Waals surface area (Å²) in [7, 11) is 0. The van der Waals surface area contributed by atoms with E-state index in [2.05, 4.69) is 5.32 Å². The van der Waals surface area contributed by atoms with Crippen molar-refractivity contribution >= 4 is 11.8 Å². The van der Waals surface area contributed by atoms with Crippen LogP contribution in [0.4, 0.5) is 10.5 Å². The van der Waals surface area contributed by atoms with Gasteiger partial charge in [-0.25, -0.2) is 4.79 Å². The van der Waals surface area contributed by atoms with E-state index in [-0.39, 0.29) is 6.04 Å². The van der Waals surface area contributed by atoms with Crippen molar-refractivity contribution in [2.24, 2.45) is 5.73 Å². The predicted octanol–water partition coefficient (Wildman–Crippen LogP) is 3.36. The lowest BCUT2D eigenvalue weighted by Gasteiger charge is -2.20. The fourth-order valence-electron chi connectivity index (χ4n) is 1.63. The number of benzene rings is 1. The van der Waals surface area contributed by atoms with Crippen molar-refractivity contribution < 1.29 is 9.53 Å². The standard InChI is InChI=1S/C14H22N2O2/c1-9-6-7-11(8-12(9)10(2)15)16-13(17)18-14(3,4)5/h6-8,10H,15H2,1-5H3,(H,16,17). The molecule has 0 spiro atoms. The van der Waals surface area contributed by atoms with Crippen LogP contribution >= 0.6 is 0 Å². The van der Waals surface area contributed by atoms with Crippen LogP contribution < -0.4 is 11.1 Å². The van der Waals surface area contributed by atoms with Crippen LogP contribution in [0.1, 0.15) is 44.9 Å². The maximum atomic E-state index is 11.6. The lowest BCUT2D eigenvalue weighted by atomic mass is 10.0. The van der Waals surface area contributed by atoms with Gasteiger partial charge in [-0.2, -0.15) is 0 Å². The third kappa shape index (κ3) is 4.37. The number of nitrogens with one attached hydrogen (secondary N) is 1. The molecule has 0 saturated heterocycles. The van der Waals surface area contributed by atoms with E-state index in [1.807, 2.05) is 52.8 Å². The quantitative estimate of drug-likeness (QED) is 0.845. The van der Waals surface area contributed by atoms with Crippen molar-refractivity contribution in [1.29, 1.82) is 0 Å². The highest BCUT2D eigenvalue weighted by Crippen LogP contribution is 2.20. The largest absolute Gasteiger partial charge is 0.444 e. The molecule has 0 bridgehead atoms. The van der Waals surface area contributed by atoms with E-state index in [0.717, 1.165) is 11.1 Å². The van der Waals surface area contributed by atoms with Crippen LogP contribution in [0.5, 0.6) is 0 Å². The first-order valence-corrected chi connectivity index (χ1v) is 6.05. The van der Waals surface area contributed by atoms with Crippen molar-refractivity contribution in [1.82, 2.24) is 0 Å². The van der Waals surface area contributed by atoms with Crippen molar-refractivity contribution in [2.75, 3.05) is 5.32 Å². The number of ether oxygens (including phenoxy) is 1. The summed E-state index contributed by atoms with van der Waals surface area (Å²) < 4.78 is 5.19. The molecule has 0 aliphatic heterocycles. The molecule has 100 valence electrons. The summed E-state index contributed by atoms with van der Waals surface area (Å²) in [6.45, 7) is 9.40. The Morgan fingerprint density at radius 2 is 2.00 bits per heavy atom. The lowest BCUT2D eigenvalue weighted by Crippen LogP contribution is -2.27. The third-order valence-electron chi connectivity index (χ3n) is 2.42. The molecule has 0 aliphatic rings. The molecule has 0 aromatic heterocycles. The van der Waals surface area contributed by atoms with E-state index in [1.54, 1.807) is 0 Å². The first-order valence-electron chi connectivity index (χ1n) is 6.05. The monoisotopic (exact) mass is 250 g/mol. The Labute approximate surface area is 109 Å². The number of hydrogen-bond acceptors (Lipinski definition) is 3. The Morgan fingerprint density at radius 1 is 1.39 bits per heavy atom. The molecule has 1 atom stereocenters. The minimum atomic E-state index is -0.501. The fourth-order valence-corrected chi connectivity index (χ4v) is 1.63.